The highest BCUT2D eigenvalue weighted by Crippen LogP contribution is 2.35. The second-order valence-corrected chi connectivity index (χ2v) is 4.41. The van der Waals surface area contributed by atoms with Crippen LogP contribution in [0.3, 0.4) is 0 Å². The Hall–Kier alpha value is -0.620. The molecular weight excluding hydrogens is 302 g/mol. The van der Waals surface area contributed by atoms with Crippen LogP contribution in [0, 0.1) is 0 Å². The van der Waals surface area contributed by atoms with Crippen LogP contribution < -0.4 is 4.74 Å². The van der Waals surface area contributed by atoms with Gasteiger partial charge in [-0.15, -0.1) is 12.6 Å². The van der Waals surface area contributed by atoms with E-state index in [1.54, 1.807) is 6.07 Å². The van der Waals surface area contributed by atoms with Gasteiger partial charge in [0, 0.05) is 0 Å². The van der Waals surface area contributed by atoms with E-state index in [2.05, 4.69) is 33.3 Å². The number of alkyl halides is 3. The Morgan fingerprint density at radius 2 is 2.12 bits per heavy atom. The molecule has 1 aromatic rings. The third kappa shape index (κ3) is 3.18. The van der Waals surface area contributed by atoms with Gasteiger partial charge in [-0.3, -0.25) is 4.79 Å². The van der Waals surface area contributed by atoms with E-state index in [1.807, 2.05) is 0 Å². The quantitative estimate of drug-likeness (QED) is 0.679. The number of halogens is 3. The van der Waals surface area contributed by atoms with E-state index in [4.69, 9.17) is 0 Å². The average Bonchev–Trinajstić information content (AvgIpc) is 2.19. The smallest absolute Gasteiger partial charge is 0.387 e. The molecule has 0 aliphatic heterocycles. The summed E-state index contributed by atoms with van der Waals surface area (Å²) in [6, 6.07) is 4.53. The molecule has 0 heterocycles. The van der Waals surface area contributed by atoms with E-state index < -0.39 is 11.4 Å². The maximum absolute atomic E-state index is 12.1. The van der Waals surface area contributed by atoms with Crippen LogP contribution in [0.15, 0.2) is 23.1 Å². The number of hydrogen-bond donors (Lipinski definition) is 1. The minimum Gasteiger partial charge on any atom is -0.434 e. The molecule has 0 fully saturated rings. The standard InChI is InChI=1S/C10H9BrF2O2S/c1-5(14)8(11)6-3-2-4-7(9(6)16)15-10(12)13/h2-4,8,10,16H,1H3. The van der Waals surface area contributed by atoms with Gasteiger partial charge in [-0.05, 0) is 18.6 Å². The summed E-state index contributed by atoms with van der Waals surface area (Å²) in [6.07, 6.45) is 0. The van der Waals surface area contributed by atoms with Crippen molar-refractivity contribution in [2.45, 2.75) is 23.3 Å². The van der Waals surface area contributed by atoms with Crippen LogP contribution in [0.5, 0.6) is 5.75 Å². The SMILES string of the molecule is CC(=O)C(Br)c1cccc(OC(F)F)c1S. The van der Waals surface area contributed by atoms with E-state index in [9.17, 15) is 13.6 Å². The lowest BCUT2D eigenvalue weighted by Gasteiger charge is -2.13. The molecule has 16 heavy (non-hydrogen) atoms. The first-order chi connectivity index (χ1) is 7.43. The van der Waals surface area contributed by atoms with Gasteiger partial charge >= 0.3 is 6.61 Å². The van der Waals surface area contributed by atoms with Crippen molar-refractivity contribution in [2.75, 3.05) is 0 Å². The number of ketones is 1. The molecule has 0 radical (unpaired) electrons. The normalized spacial score (nSPS) is 12.6. The minimum atomic E-state index is -2.91. The number of hydrogen-bond acceptors (Lipinski definition) is 3. The van der Waals surface area contributed by atoms with Gasteiger partial charge in [0.05, 0.1) is 9.72 Å². The highest BCUT2D eigenvalue weighted by atomic mass is 79.9. The summed E-state index contributed by atoms with van der Waals surface area (Å²) in [5.74, 6) is -0.175. The lowest BCUT2D eigenvalue weighted by molar-refractivity contribution is -0.116. The first kappa shape index (κ1) is 13.4. The first-order valence-corrected chi connectivity index (χ1v) is 5.71. The van der Waals surface area contributed by atoms with Gasteiger partial charge < -0.3 is 4.74 Å². The van der Waals surface area contributed by atoms with Crippen molar-refractivity contribution in [3.05, 3.63) is 23.8 Å². The van der Waals surface area contributed by atoms with Crippen LogP contribution in [0.1, 0.15) is 17.3 Å². The predicted octanol–water partition coefficient (Wildman–Crippen LogP) is 3.60. The molecule has 0 spiro atoms. The van der Waals surface area contributed by atoms with E-state index in [0.717, 1.165) is 0 Å². The Labute approximate surface area is 106 Å². The number of carbonyl (C=O) groups excluding carboxylic acids is 1. The van der Waals surface area contributed by atoms with Crippen LogP contribution in [-0.4, -0.2) is 12.4 Å². The summed E-state index contributed by atoms with van der Waals surface area (Å²) in [5, 5.41) is 0. The largest absolute Gasteiger partial charge is 0.434 e. The van der Waals surface area contributed by atoms with Crippen LogP contribution in [0.25, 0.3) is 0 Å². The predicted molar refractivity (Wildman–Crippen MR) is 62.7 cm³/mol. The second kappa shape index (κ2) is 5.63. The van der Waals surface area contributed by atoms with Gasteiger partial charge in [0.2, 0.25) is 0 Å². The molecule has 0 bridgehead atoms. The molecule has 6 heteroatoms. The van der Waals surface area contributed by atoms with Gasteiger partial charge in [-0.25, -0.2) is 0 Å². The van der Waals surface area contributed by atoms with Crippen molar-refractivity contribution in [1.29, 1.82) is 0 Å². The summed E-state index contributed by atoms with van der Waals surface area (Å²) in [5.41, 5.74) is 0.508. The molecule has 1 atom stereocenters. The number of ether oxygens (including phenoxy) is 1. The van der Waals surface area contributed by atoms with Gasteiger partial charge in [-0.2, -0.15) is 8.78 Å². The summed E-state index contributed by atoms with van der Waals surface area (Å²) in [7, 11) is 0. The summed E-state index contributed by atoms with van der Waals surface area (Å²) in [6.45, 7) is -1.51. The molecule has 0 aliphatic rings. The zero-order chi connectivity index (χ0) is 12.3. The molecular formula is C10H9BrF2O2S. The fraction of sp³-hybridized carbons (Fsp3) is 0.300. The van der Waals surface area contributed by atoms with Crippen molar-refractivity contribution >= 4 is 34.3 Å². The number of rotatable bonds is 4. The van der Waals surface area contributed by atoms with Crippen molar-refractivity contribution < 1.29 is 18.3 Å². The fourth-order valence-electron chi connectivity index (χ4n) is 1.15. The topological polar surface area (TPSA) is 26.3 Å². The van der Waals surface area contributed by atoms with Gasteiger partial charge in [-0.1, -0.05) is 28.1 Å². The summed E-state index contributed by atoms with van der Waals surface area (Å²) in [4.78, 5) is 10.8. The van der Waals surface area contributed by atoms with Crippen LogP contribution >= 0.6 is 28.6 Å². The van der Waals surface area contributed by atoms with Gasteiger partial charge in [0.1, 0.15) is 11.5 Å². The highest BCUT2D eigenvalue weighted by molar-refractivity contribution is 9.09. The lowest BCUT2D eigenvalue weighted by Crippen LogP contribution is -2.06. The maximum Gasteiger partial charge on any atom is 0.387 e. The van der Waals surface area contributed by atoms with Crippen molar-refractivity contribution in [1.82, 2.24) is 0 Å². The molecule has 0 amide bonds. The van der Waals surface area contributed by atoms with Crippen molar-refractivity contribution in [2.24, 2.45) is 0 Å². The molecule has 1 aromatic carbocycles. The van der Waals surface area contributed by atoms with Crippen LogP contribution in [0.4, 0.5) is 8.78 Å². The Bertz CT molecular complexity index is 398. The third-order valence-electron chi connectivity index (χ3n) is 1.88. The number of thiol groups is 1. The molecule has 0 saturated heterocycles. The Morgan fingerprint density at radius 1 is 1.50 bits per heavy atom. The van der Waals surface area contributed by atoms with E-state index >= 15 is 0 Å². The molecule has 1 rings (SSSR count). The molecule has 0 N–H and O–H groups in total. The average molecular weight is 311 g/mol. The second-order valence-electron chi connectivity index (χ2n) is 3.05. The molecule has 0 saturated carbocycles. The number of Topliss-reactive ketones (excluding diaryl/α,β-unsaturated/α-hetero) is 1. The van der Waals surface area contributed by atoms with Gasteiger partial charge in [0.25, 0.3) is 0 Å². The molecule has 2 nitrogen and oxygen atoms in total. The number of carbonyl (C=O) groups is 1. The minimum absolute atomic E-state index is 0.0402. The first-order valence-electron chi connectivity index (χ1n) is 4.34. The molecule has 0 aliphatic carbocycles. The Balaban J connectivity index is 3.08. The lowest BCUT2D eigenvalue weighted by atomic mass is 10.1. The van der Waals surface area contributed by atoms with Gasteiger partial charge in [0.15, 0.2) is 0 Å². The van der Waals surface area contributed by atoms with Crippen molar-refractivity contribution in [3.63, 3.8) is 0 Å². The monoisotopic (exact) mass is 310 g/mol. The van der Waals surface area contributed by atoms with E-state index in [-0.39, 0.29) is 16.4 Å². The maximum atomic E-state index is 12.1. The van der Waals surface area contributed by atoms with E-state index in [1.165, 1.54) is 19.1 Å². The Morgan fingerprint density at radius 3 is 2.62 bits per heavy atom. The molecule has 0 aromatic heterocycles. The molecule has 1 unspecified atom stereocenters. The van der Waals surface area contributed by atoms with E-state index in [0.29, 0.717) is 5.56 Å². The van der Waals surface area contributed by atoms with Crippen LogP contribution in [-0.2, 0) is 4.79 Å². The van der Waals surface area contributed by atoms with Crippen molar-refractivity contribution in [3.8, 4) is 5.75 Å². The van der Waals surface area contributed by atoms with Crippen LogP contribution in [0.2, 0.25) is 0 Å². The zero-order valence-electron chi connectivity index (χ0n) is 8.28. The number of benzene rings is 1. The zero-order valence-corrected chi connectivity index (χ0v) is 10.8. The fourth-order valence-corrected chi connectivity index (χ4v) is 2.04. The highest BCUT2D eigenvalue weighted by Gasteiger charge is 2.18. The summed E-state index contributed by atoms with van der Waals surface area (Å²) >= 11 is 7.24. The summed E-state index contributed by atoms with van der Waals surface area (Å²) < 4.78 is 28.4. The Kier molecular flexibility index (Phi) is 4.73. The molecule has 88 valence electrons. The third-order valence-corrected chi connectivity index (χ3v) is 3.49.